The third-order valence-corrected chi connectivity index (χ3v) is 4.17. The van der Waals surface area contributed by atoms with Gasteiger partial charge in [0.05, 0.1) is 0 Å². The van der Waals surface area contributed by atoms with Gasteiger partial charge in [-0.2, -0.15) is 0 Å². The quantitative estimate of drug-likeness (QED) is 0.450. The molecule has 0 spiro atoms. The molecule has 92 valence electrons. The molecule has 0 saturated heterocycles. The van der Waals surface area contributed by atoms with E-state index in [9.17, 15) is 4.57 Å². The van der Waals surface area contributed by atoms with E-state index >= 15 is 0 Å². The smallest absolute Gasteiger partial charge is 0.192 e. The Balaban J connectivity index is 3.41. The summed E-state index contributed by atoms with van der Waals surface area (Å²) in [4.78, 5) is 9.13. The molecule has 0 aliphatic carbocycles. The second-order valence-electron chi connectivity index (χ2n) is 4.38. The molecule has 0 saturated carbocycles. The molecule has 0 heterocycles. The highest BCUT2D eigenvalue weighted by atomic mass is 31.1. The molecule has 2 unspecified atom stereocenters. The molecule has 0 fully saturated rings. The van der Waals surface area contributed by atoms with Crippen molar-refractivity contribution in [2.75, 3.05) is 0 Å². The van der Waals surface area contributed by atoms with Crippen molar-refractivity contribution in [3.05, 3.63) is 0 Å². The van der Waals surface area contributed by atoms with Crippen LogP contribution < -0.4 is 0 Å². The first-order valence-electron chi connectivity index (χ1n) is 6.45. The molecule has 0 bridgehead atoms. The van der Waals surface area contributed by atoms with Gasteiger partial charge in [-0.05, 0) is 12.8 Å². The minimum absolute atomic E-state index is 0.0891. The third kappa shape index (κ3) is 9.14. The van der Waals surface area contributed by atoms with Crippen molar-refractivity contribution in [3.63, 3.8) is 0 Å². The van der Waals surface area contributed by atoms with Gasteiger partial charge in [-0.25, -0.2) is 0 Å². The molecule has 0 aliphatic rings. The molecule has 0 aromatic rings. The lowest BCUT2D eigenvalue weighted by molar-refractivity contribution is 0.468. The fourth-order valence-corrected chi connectivity index (χ4v) is 2.90. The monoisotopic (exact) mass is 234 g/mol. The second kappa shape index (κ2) is 10.7. The van der Waals surface area contributed by atoms with Gasteiger partial charge < -0.3 is 4.89 Å². The van der Waals surface area contributed by atoms with Crippen LogP contribution in [0.4, 0.5) is 0 Å². The summed E-state index contributed by atoms with van der Waals surface area (Å²) >= 11 is 0. The topological polar surface area (TPSA) is 37.3 Å². The summed E-state index contributed by atoms with van der Waals surface area (Å²) in [5, 5.41) is 0. The van der Waals surface area contributed by atoms with Crippen LogP contribution in [-0.2, 0) is 4.57 Å². The molecule has 0 amide bonds. The first kappa shape index (κ1) is 15.2. The average Bonchev–Trinajstić information content (AvgIpc) is 2.21. The summed E-state index contributed by atoms with van der Waals surface area (Å²) in [7, 11) is -2.28. The molecule has 2 atom stereocenters. The molecule has 15 heavy (non-hydrogen) atoms. The molecular weight excluding hydrogens is 207 g/mol. The average molecular weight is 234 g/mol. The van der Waals surface area contributed by atoms with Crippen LogP contribution in [0.5, 0.6) is 0 Å². The van der Waals surface area contributed by atoms with E-state index in [0.717, 1.165) is 25.7 Å². The zero-order valence-corrected chi connectivity index (χ0v) is 11.3. The summed E-state index contributed by atoms with van der Waals surface area (Å²) in [6.45, 7) is 4.30. The van der Waals surface area contributed by atoms with Crippen LogP contribution in [0, 0.1) is 0 Å². The van der Waals surface area contributed by atoms with Gasteiger partial charge in [0, 0.05) is 5.66 Å². The SMILES string of the molecule is CCCCCCCCC(CCC)[PH](=O)O. The second-order valence-corrected chi connectivity index (χ2v) is 5.87. The third-order valence-electron chi connectivity index (χ3n) is 2.89. The normalized spacial score (nSPS) is 15.1. The Bertz CT molecular complexity index is 160. The maximum atomic E-state index is 11.0. The highest BCUT2D eigenvalue weighted by molar-refractivity contribution is 7.38. The van der Waals surface area contributed by atoms with E-state index in [2.05, 4.69) is 13.8 Å². The van der Waals surface area contributed by atoms with Crippen LogP contribution in [0.15, 0.2) is 0 Å². The number of rotatable bonds is 10. The lowest BCUT2D eigenvalue weighted by Gasteiger charge is -2.11. The standard InChI is InChI=1S/C12H27O2P/c1-3-5-6-7-8-9-11-12(10-4-2)15(13)14/h12,15H,3-11H2,1-2H3,(H,13,14). The van der Waals surface area contributed by atoms with Crippen LogP contribution in [0.25, 0.3) is 0 Å². The van der Waals surface area contributed by atoms with Gasteiger partial charge in [0.25, 0.3) is 0 Å². The Morgan fingerprint density at radius 3 is 2.07 bits per heavy atom. The van der Waals surface area contributed by atoms with E-state index in [1.165, 1.54) is 32.1 Å². The van der Waals surface area contributed by atoms with Crippen LogP contribution in [0.3, 0.4) is 0 Å². The summed E-state index contributed by atoms with van der Waals surface area (Å²) < 4.78 is 11.0. The van der Waals surface area contributed by atoms with Crippen molar-refractivity contribution in [1.82, 2.24) is 0 Å². The van der Waals surface area contributed by atoms with Crippen molar-refractivity contribution >= 4 is 8.03 Å². The van der Waals surface area contributed by atoms with E-state index in [-0.39, 0.29) is 5.66 Å². The van der Waals surface area contributed by atoms with Crippen LogP contribution in [0.2, 0.25) is 0 Å². The van der Waals surface area contributed by atoms with Crippen molar-refractivity contribution in [1.29, 1.82) is 0 Å². The highest BCUT2D eigenvalue weighted by Gasteiger charge is 2.12. The van der Waals surface area contributed by atoms with E-state index in [4.69, 9.17) is 4.89 Å². The van der Waals surface area contributed by atoms with Gasteiger partial charge in [-0.3, -0.25) is 4.57 Å². The first-order chi connectivity index (χ1) is 7.22. The van der Waals surface area contributed by atoms with E-state index < -0.39 is 8.03 Å². The van der Waals surface area contributed by atoms with E-state index in [0.29, 0.717) is 0 Å². The van der Waals surface area contributed by atoms with Crippen LogP contribution in [0.1, 0.15) is 71.6 Å². The maximum absolute atomic E-state index is 11.0. The summed E-state index contributed by atoms with van der Waals surface area (Å²) in [6, 6.07) is 0. The van der Waals surface area contributed by atoms with Crippen molar-refractivity contribution < 1.29 is 9.46 Å². The van der Waals surface area contributed by atoms with E-state index in [1.807, 2.05) is 0 Å². The van der Waals surface area contributed by atoms with Gasteiger partial charge in [-0.1, -0.05) is 58.8 Å². The van der Waals surface area contributed by atoms with Gasteiger partial charge in [0.2, 0.25) is 0 Å². The molecular formula is C12H27O2P. The molecule has 1 N–H and O–H groups in total. The molecule has 0 aliphatic heterocycles. The van der Waals surface area contributed by atoms with Gasteiger partial charge in [0.1, 0.15) is 0 Å². The highest BCUT2D eigenvalue weighted by Crippen LogP contribution is 2.30. The van der Waals surface area contributed by atoms with Gasteiger partial charge in [-0.15, -0.1) is 0 Å². The van der Waals surface area contributed by atoms with Crippen LogP contribution in [-0.4, -0.2) is 10.6 Å². The van der Waals surface area contributed by atoms with Crippen molar-refractivity contribution in [2.45, 2.75) is 77.3 Å². The van der Waals surface area contributed by atoms with Gasteiger partial charge in [0.15, 0.2) is 8.03 Å². The largest absolute Gasteiger partial charge is 0.346 e. The molecule has 0 aromatic heterocycles. The lowest BCUT2D eigenvalue weighted by atomic mass is 10.1. The van der Waals surface area contributed by atoms with Crippen molar-refractivity contribution in [3.8, 4) is 0 Å². The molecule has 3 heteroatoms. The Labute approximate surface area is 95.3 Å². The Hall–Kier alpha value is 0.190. The Morgan fingerprint density at radius 1 is 0.933 bits per heavy atom. The summed E-state index contributed by atoms with van der Waals surface area (Å²) in [5.41, 5.74) is 0.0891. The first-order valence-corrected chi connectivity index (χ1v) is 7.88. The number of unbranched alkanes of at least 4 members (excludes halogenated alkanes) is 5. The maximum Gasteiger partial charge on any atom is 0.192 e. The Morgan fingerprint density at radius 2 is 1.53 bits per heavy atom. The zero-order valence-electron chi connectivity index (χ0n) is 10.3. The van der Waals surface area contributed by atoms with Gasteiger partial charge >= 0.3 is 0 Å². The zero-order chi connectivity index (χ0) is 11.5. The van der Waals surface area contributed by atoms with E-state index in [1.54, 1.807) is 0 Å². The number of hydrogen-bond acceptors (Lipinski definition) is 1. The fourth-order valence-electron chi connectivity index (χ4n) is 1.91. The predicted molar refractivity (Wildman–Crippen MR) is 67.9 cm³/mol. The molecule has 2 nitrogen and oxygen atoms in total. The summed E-state index contributed by atoms with van der Waals surface area (Å²) in [5.74, 6) is 0. The molecule has 0 rings (SSSR count). The number of hydrogen-bond donors (Lipinski definition) is 1. The Kier molecular flexibility index (Phi) is 10.8. The minimum Gasteiger partial charge on any atom is -0.346 e. The van der Waals surface area contributed by atoms with Crippen molar-refractivity contribution in [2.24, 2.45) is 0 Å². The molecule has 0 aromatic carbocycles. The predicted octanol–water partition coefficient (Wildman–Crippen LogP) is 4.37. The lowest BCUT2D eigenvalue weighted by Crippen LogP contribution is -2.01. The molecule has 0 radical (unpaired) electrons. The van der Waals surface area contributed by atoms with Crippen LogP contribution >= 0.6 is 8.03 Å². The fraction of sp³-hybridized carbons (Fsp3) is 1.00. The summed E-state index contributed by atoms with van der Waals surface area (Å²) in [6.07, 6.45) is 10.5. The minimum atomic E-state index is -2.28.